The van der Waals surface area contributed by atoms with Crippen LogP contribution in [0.15, 0.2) is 40.4 Å². The number of urea groups is 1. The van der Waals surface area contributed by atoms with Gasteiger partial charge in [-0.3, -0.25) is 14.9 Å². The Hall–Kier alpha value is -2.84. The summed E-state index contributed by atoms with van der Waals surface area (Å²) in [6, 6.07) is 7.39. The summed E-state index contributed by atoms with van der Waals surface area (Å²) in [5.41, 5.74) is 1.40. The number of carbonyl (C=O) groups is 3. The molecule has 4 amide bonds. The first-order valence-electron chi connectivity index (χ1n) is 11.9. The number of benzene rings is 2. The first-order valence-corrected chi connectivity index (χ1v) is 13.1. The highest BCUT2D eigenvalue weighted by Gasteiger charge is 2.37. The lowest BCUT2D eigenvalue weighted by atomic mass is 10.1. The average molecular weight is 578 g/mol. The van der Waals surface area contributed by atoms with Crippen LogP contribution in [0.3, 0.4) is 0 Å². The quantitative estimate of drug-likeness (QED) is 0.180. The zero-order valence-electron chi connectivity index (χ0n) is 20.7. The van der Waals surface area contributed by atoms with Crippen molar-refractivity contribution in [2.75, 3.05) is 18.6 Å². The lowest BCUT2D eigenvalue weighted by Gasteiger charge is -2.26. The minimum absolute atomic E-state index is 0.194. The normalized spacial score (nSPS) is 14.9. The van der Waals surface area contributed by atoms with Crippen LogP contribution in [0.5, 0.6) is 11.5 Å². The van der Waals surface area contributed by atoms with Crippen LogP contribution >= 0.6 is 27.5 Å². The van der Waals surface area contributed by atoms with E-state index in [1.54, 1.807) is 24.3 Å². The molecule has 0 saturated carbocycles. The van der Waals surface area contributed by atoms with E-state index in [-0.39, 0.29) is 11.3 Å². The Morgan fingerprint density at radius 2 is 1.78 bits per heavy atom. The van der Waals surface area contributed by atoms with Gasteiger partial charge in [-0.1, -0.05) is 56.7 Å². The molecule has 0 radical (unpaired) electrons. The molecule has 1 fully saturated rings. The van der Waals surface area contributed by atoms with E-state index in [1.165, 1.54) is 44.9 Å². The van der Waals surface area contributed by atoms with Crippen molar-refractivity contribution in [2.45, 2.75) is 52.4 Å². The molecular weight excluding hydrogens is 548 g/mol. The van der Waals surface area contributed by atoms with E-state index >= 15 is 0 Å². The monoisotopic (exact) mass is 576 g/mol. The van der Waals surface area contributed by atoms with Gasteiger partial charge in [0.05, 0.1) is 23.9 Å². The molecule has 1 aliphatic rings. The van der Waals surface area contributed by atoms with E-state index in [0.29, 0.717) is 33.2 Å². The summed E-state index contributed by atoms with van der Waals surface area (Å²) in [5.74, 6) is -0.511. The summed E-state index contributed by atoms with van der Waals surface area (Å²) in [4.78, 5) is 39.1. The minimum Gasteiger partial charge on any atom is -0.493 e. The third-order valence-electron chi connectivity index (χ3n) is 5.82. The second kappa shape index (κ2) is 12.9. The third-order valence-corrected chi connectivity index (χ3v) is 6.82. The Kier molecular flexibility index (Phi) is 9.96. The van der Waals surface area contributed by atoms with E-state index < -0.39 is 17.8 Å². The Morgan fingerprint density at radius 3 is 2.47 bits per heavy atom. The molecule has 36 heavy (non-hydrogen) atoms. The average Bonchev–Trinajstić information content (AvgIpc) is 2.84. The molecular formula is C27H30BrClN2O5. The summed E-state index contributed by atoms with van der Waals surface area (Å²) in [6.45, 7) is 4.56. The lowest BCUT2D eigenvalue weighted by molar-refractivity contribution is -0.122. The number of aryl methyl sites for hydroxylation is 1. The molecule has 2 aromatic carbocycles. The number of amides is 4. The maximum absolute atomic E-state index is 13.2. The molecule has 1 N–H and O–H groups in total. The van der Waals surface area contributed by atoms with Gasteiger partial charge in [0.25, 0.3) is 11.8 Å². The van der Waals surface area contributed by atoms with E-state index in [2.05, 4.69) is 28.2 Å². The Morgan fingerprint density at radius 1 is 1.06 bits per heavy atom. The van der Waals surface area contributed by atoms with Crippen LogP contribution in [0.1, 0.15) is 56.6 Å². The third kappa shape index (κ3) is 6.68. The summed E-state index contributed by atoms with van der Waals surface area (Å²) in [6.07, 6.45) is 8.34. The van der Waals surface area contributed by atoms with Gasteiger partial charge in [-0.25, -0.2) is 9.69 Å². The Bertz CT molecular complexity index is 1180. The molecule has 0 unspecified atom stereocenters. The maximum Gasteiger partial charge on any atom is 0.335 e. The molecule has 1 aliphatic heterocycles. The Labute approximate surface area is 224 Å². The molecule has 9 heteroatoms. The largest absolute Gasteiger partial charge is 0.493 e. The van der Waals surface area contributed by atoms with Crippen LogP contribution in [0.25, 0.3) is 6.08 Å². The number of anilines is 1. The van der Waals surface area contributed by atoms with Crippen molar-refractivity contribution >= 4 is 57.1 Å². The fourth-order valence-corrected chi connectivity index (χ4v) is 4.55. The second-order valence-corrected chi connectivity index (χ2v) is 9.80. The summed E-state index contributed by atoms with van der Waals surface area (Å²) >= 11 is 9.69. The highest BCUT2D eigenvalue weighted by atomic mass is 79.9. The maximum atomic E-state index is 13.2. The first kappa shape index (κ1) is 27.7. The van der Waals surface area contributed by atoms with Crippen molar-refractivity contribution in [3.63, 3.8) is 0 Å². The fourth-order valence-electron chi connectivity index (χ4n) is 3.80. The van der Waals surface area contributed by atoms with Gasteiger partial charge < -0.3 is 9.47 Å². The van der Waals surface area contributed by atoms with E-state index in [0.717, 1.165) is 23.3 Å². The number of hydrogen-bond acceptors (Lipinski definition) is 5. The van der Waals surface area contributed by atoms with Crippen molar-refractivity contribution in [3.8, 4) is 11.5 Å². The summed E-state index contributed by atoms with van der Waals surface area (Å²) < 4.78 is 12.1. The first-order chi connectivity index (χ1) is 17.3. The zero-order chi connectivity index (χ0) is 26.2. The Balaban J connectivity index is 1.81. The molecule has 0 atom stereocenters. The van der Waals surface area contributed by atoms with Gasteiger partial charge in [-0.2, -0.15) is 0 Å². The van der Waals surface area contributed by atoms with Crippen molar-refractivity contribution in [1.29, 1.82) is 0 Å². The molecule has 1 heterocycles. The molecule has 0 bridgehead atoms. The molecule has 192 valence electrons. The van der Waals surface area contributed by atoms with Gasteiger partial charge >= 0.3 is 6.03 Å². The van der Waals surface area contributed by atoms with E-state index in [4.69, 9.17) is 21.1 Å². The number of nitrogens with zero attached hydrogens (tertiary/aromatic N) is 1. The standard InChI is InChI=1S/C27H30BrClN2O5/c1-4-5-6-7-8-9-12-36-24-21(28)14-18(15-23(24)35-3)13-20-25(32)30-27(34)31(26(20)33)19-11-10-17(2)22(29)16-19/h10-11,13-16H,4-9,12H2,1-3H3,(H,30,32,34)/b20-13+. The lowest BCUT2D eigenvalue weighted by Crippen LogP contribution is -2.54. The molecule has 7 nitrogen and oxygen atoms in total. The number of ether oxygens (including phenoxy) is 2. The molecule has 0 aliphatic carbocycles. The molecule has 1 saturated heterocycles. The number of nitrogens with one attached hydrogen (secondary N) is 1. The van der Waals surface area contributed by atoms with Gasteiger partial charge in [0.15, 0.2) is 11.5 Å². The van der Waals surface area contributed by atoms with Crippen LogP contribution in [-0.2, 0) is 9.59 Å². The predicted octanol–water partition coefficient (Wildman–Crippen LogP) is 6.83. The van der Waals surface area contributed by atoms with Crippen LogP contribution in [-0.4, -0.2) is 31.6 Å². The highest BCUT2D eigenvalue weighted by Crippen LogP contribution is 2.38. The van der Waals surface area contributed by atoms with Crippen LogP contribution in [0, 0.1) is 6.92 Å². The van der Waals surface area contributed by atoms with Gasteiger partial charge in [0, 0.05) is 5.02 Å². The van der Waals surface area contributed by atoms with Gasteiger partial charge in [0.1, 0.15) is 5.57 Å². The van der Waals surface area contributed by atoms with Gasteiger partial charge in [0.2, 0.25) is 0 Å². The van der Waals surface area contributed by atoms with Crippen LogP contribution in [0.2, 0.25) is 5.02 Å². The fraction of sp³-hybridized carbons (Fsp3) is 0.370. The van der Waals surface area contributed by atoms with Crippen molar-refractivity contribution < 1.29 is 23.9 Å². The number of methoxy groups -OCH3 is 1. The highest BCUT2D eigenvalue weighted by molar-refractivity contribution is 9.10. The molecule has 0 spiro atoms. The molecule has 0 aromatic heterocycles. The smallest absolute Gasteiger partial charge is 0.335 e. The predicted molar refractivity (Wildman–Crippen MR) is 145 cm³/mol. The zero-order valence-corrected chi connectivity index (χ0v) is 23.0. The molecule has 3 rings (SSSR count). The summed E-state index contributed by atoms with van der Waals surface area (Å²) in [5, 5.41) is 2.62. The number of imide groups is 2. The van der Waals surface area contributed by atoms with Crippen molar-refractivity contribution in [1.82, 2.24) is 5.32 Å². The summed E-state index contributed by atoms with van der Waals surface area (Å²) in [7, 11) is 1.52. The van der Waals surface area contributed by atoms with Gasteiger partial charge in [-0.15, -0.1) is 0 Å². The van der Waals surface area contributed by atoms with Crippen molar-refractivity contribution in [2.24, 2.45) is 0 Å². The number of unbranched alkanes of at least 4 members (excludes halogenated alkanes) is 5. The SMILES string of the molecule is CCCCCCCCOc1c(Br)cc(/C=C2\C(=O)NC(=O)N(c3ccc(C)c(Cl)c3)C2=O)cc1OC. The van der Waals surface area contributed by atoms with Gasteiger partial charge in [-0.05, 0) is 70.7 Å². The van der Waals surface area contributed by atoms with Crippen LogP contribution < -0.4 is 19.7 Å². The van der Waals surface area contributed by atoms with E-state index in [1.807, 2.05) is 6.92 Å². The topological polar surface area (TPSA) is 84.9 Å². The number of carbonyl (C=O) groups excluding carboxylic acids is 3. The van der Waals surface area contributed by atoms with Crippen LogP contribution in [0.4, 0.5) is 10.5 Å². The number of rotatable bonds is 11. The van der Waals surface area contributed by atoms with E-state index in [9.17, 15) is 14.4 Å². The van der Waals surface area contributed by atoms with Crippen molar-refractivity contribution in [3.05, 3.63) is 56.5 Å². The number of halogens is 2. The minimum atomic E-state index is -0.834. The molecule has 2 aromatic rings. The second-order valence-electron chi connectivity index (χ2n) is 8.54. The number of hydrogen-bond donors (Lipinski definition) is 1. The number of barbiturate groups is 1.